The van der Waals surface area contributed by atoms with Crippen LogP contribution in [0.4, 0.5) is 0 Å². The van der Waals surface area contributed by atoms with Crippen molar-refractivity contribution < 1.29 is 17.7 Å². The van der Waals surface area contributed by atoms with Crippen molar-refractivity contribution in [1.82, 2.24) is 10.5 Å². The van der Waals surface area contributed by atoms with Crippen LogP contribution >= 0.6 is 0 Å². The van der Waals surface area contributed by atoms with Crippen LogP contribution < -0.4 is 5.32 Å². The van der Waals surface area contributed by atoms with Crippen molar-refractivity contribution in [3.63, 3.8) is 0 Å². The zero-order chi connectivity index (χ0) is 16.3. The molecule has 1 amide bonds. The van der Waals surface area contributed by atoms with Gasteiger partial charge in [-0.25, -0.2) is 8.42 Å². The zero-order valence-electron chi connectivity index (χ0n) is 13.3. The molecule has 6 nitrogen and oxygen atoms in total. The number of carbonyl (C=O) groups excluding carboxylic acids is 1. The Labute approximate surface area is 131 Å². The number of aryl methyl sites for hydroxylation is 1. The lowest BCUT2D eigenvalue weighted by Crippen LogP contribution is -2.44. The first-order valence-corrected chi connectivity index (χ1v) is 9.43. The number of hydrogen-bond acceptors (Lipinski definition) is 5. The summed E-state index contributed by atoms with van der Waals surface area (Å²) in [5.74, 6) is 0.545. The Morgan fingerprint density at radius 3 is 2.59 bits per heavy atom. The van der Waals surface area contributed by atoms with E-state index in [-0.39, 0.29) is 11.8 Å². The van der Waals surface area contributed by atoms with Crippen molar-refractivity contribution >= 4 is 15.7 Å². The first-order chi connectivity index (χ1) is 10.3. The minimum absolute atomic E-state index is 0.0932. The van der Waals surface area contributed by atoms with Crippen molar-refractivity contribution in [2.75, 3.05) is 0 Å². The van der Waals surface area contributed by atoms with Gasteiger partial charge in [-0.15, -0.1) is 0 Å². The minimum Gasteiger partial charge on any atom is -0.361 e. The third-order valence-corrected chi connectivity index (χ3v) is 6.29. The average Bonchev–Trinajstić information content (AvgIpc) is 2.85. The Hall–Kier alpha value is -1.37. The molecule has 1 N–H and O–H groups in total. The Morgan fingerprint density at radius 1 is 1.41 bits per heavy atom. The maximum absolute atomic E-state index is 12.3. The third kappa shape index (κ3) is 4.32. The summed E-state index contributed by atoms with van der Waals surface area (Å²) in [6.07, 6.45) is 3.99. The fraction of sp³-hybridized carbons (Fsp3) is 0.733. The van der Waals surface area contributed by atoms with Gasteiger partial charge in [0.15, 0.2) is 9.84 Å². The van der Waals surface area contributed by atoms with E-state index in [2.05, 4.69) is 17.4 Å². The van der Waals surface area contributed by atoms with E-state index in [1.165, 1.54) is 6.92 Å². The molecule has 1 aliphatic rings. The van der Waals surface area contributed by atoms with E-state index in [1.54, 1.807) is 13.0 Å². The molecule has 22 heavy (non-hydrogen) atoms. The topological polar surface area (TPSA) is 89.3 Å². The number of rotatable bonds is 5. The van der Waals surface area contributed by atoms with Gasteiger partial charge in [-0.05, 0) is 45.4 Å². The Kier molecular flexibility index (Phi) is 5.26. The van der Waals surface area contributed by atoms with Gasteiger partial charge in [0.1, 0.15) is 11.0 Å². The number of carbonyl (C=O) groups is 1. The predicted octanol–water partition coefficient (Wildman–Crippen LogP) is 1.98. The number of nitrogens with zero attached hydrogens (tertiary/aromatic N) is 1. The summed E-state index contributed by atoms with van der Waals surface area (Å²) in [5.41, 5.74) is 0.337. The lowest BCUT2D eigenvalue weighted by atomic mass is 9.87. The van der Waals surface area contributed by atoms with E-state index < -0.39 is 21.0 Å². The van der Waals surface area contributed by atoms with E-state index in [4.69, 9.17) is 4.52 Å². The fourth-order valence-electron chi connectivity index (χ4n) is 2.70. The molecule has 2 rings (SSSR count). The highest BCUT2D eigenvalue weighted by Gasteiger charge is 2.31. The molecule has 1 atom stereocenters. The number of hydrogen-bond donors (Lipinski definition) is 1. The van der Waals surface area contributed by atoms with E-state index in [0.717, 1.165) is 25.7 Å². The van der Waals surface area contributed by atoms with E-state index in [9.17, 15) is 13.2 Å². The monoisotopic (exact) mass is 328 g/mol. The molecule has 0 spiro atoms. The van der Waals surface area contributed by atoms with Gasteiger partial charge in [-0.2, -0.15) is 0 Å². The first-order valence-electron chi connectivity index (χ1n) is 7.72. The second kappa shape index (κ2) is 6.81. The number of nitrogens with one attached hydrogen (secondary N) is 1. The van der Waals surface area contributed by atoms with Crippen molar-refractivity contribution in [2.24, 2.45) is 5.92 Å². The molecule has 1 aliphatic carbocycles. The van der Waals surface area contributed by atoms with Crippen molar-refractivity contribution in [3.05, 3.63) is 17.5 Å². The molecule has 7 heteroatoms. The molecular formula is C15H24N2O4S. The van der Waals surface area contributed by atoms with Gasteiger partial charge < -0.3 is 9.84 Å². The number of sulfone groups is 1. The van der Waals surface area contributed by atoms with E-state index in [1.807, 2.05) is 0 Å². The van der Waals surface area contributed by atoms with E-state index in [0.29, 0.717) is 17.4 Å². The van der Waals surface area contributed by atoms with Crippen LogP contribution in [-0.4, -0.2) is 30.8 Å². The molecule has 0 bridgehead atoms. The predicted molar refractivity (Wildman–Crippen MR) is 82.9 cm³/mol. The highest BCUT2D eigenvalue weighted by Crippen LogP contribution is 2.23. The van der Waals surface area contributed by atoms with Crippen LogP contribution in [0.3, 0.4) is 0 Å². The third-order valence-electron chi connectivity index (χ3n) is 4.30. The van der Waals surface area contributed by atoms with Crippen molar-refractivity contribution in [1.29, 1.82) is 0 Å². The van der Waals surface area contributed by atoms with Gasteiger partial charge in [0.05, 0.1) is 11.4 Å². The summed E-state index contributed by atoms with van der Waals surface area (Å²) in [7, 11) is -3.60. The largest absolute Gasteiger partial charge is 0.361 e. The Balaban J connectivity index is 1.94. The maximum Gasteiger partial charge on any atom is 0.238 e. The highest BCUT2D eigenvalue weighted by atomic mass is 32.2. The fourth-order valence-corrected chi connectivity index (χ4v) is 3.90. The molecule has 124 valence electrons. The SMILES string of the molecule is Cc1cc(CS(=O)(=O)C(C)C(=O)NC2CCC(C)CC2)no1. The molecule has 1 heterocycles. The Bertz CT molecular complexity index is 615. The van der Waals surface area contributed by atoms with Crippen LogP contribution in [0.25, 0.3) is 0 Å². The van der Waals surface area contributed by atoms with Crippen LogP contribution in [0, 0.1) is 12.8 Å². The van der Waals surface area contributed by atoms with Crippen LogP contribution in [-0.2, 0) is 20.4 Å². The summed E-state index contributed by atoms with van der Waals surface area (Å²) in [6.45, 7) is 5.33. The smallest absolute Gasteiger partial charge is 0.238 e. The summed E-state index contributed by atoms with van der Waals surface area (Å²) in [4.78, 5) is 12.2. The number of aromatic nitrogens is 1. The Morgan fingerprint density at radius 2 is 2.05 bits per heavy atom. The summed E-state index contributed by atoms with van der Waals surface area (Å²) < 4.78 is 29.5. The first kappa shape index (κ1) is 17.0. The molecule has 0 saturated heterocycles. The standard InChI is InChI=1S/C15H24N2O4S/c1-10-4-6-13(7-5-10)16-15(18)12(3)22(19,20)9-14-8-11(2)21-17-14/h8,10,12-13H,4-7,9H2,1-3H3,(H,16,18). The summed E-state index contributed by atoms with van der Waals surface area (Å²) >= 11 is 0. The van der Waals surface area contributed by atoms with Crippen LogP contribution in [0.2, 0.25) is 0 Å². The van der Waals surface area contributed by atoms with Gasteiger partial charge >= 0.3 is 0 Å². The average molecular weight is 328 g/mol. The zero-order valence-corrected chi connectivity index (χ0v) is 14.1. The molecular weight excluding hydrogens is 304 g/mol. The molecule has 1 fully saturated rings. The van der Waals surface area contributed by atoms with Gasteiger partial charge in [0.25, 0.3) is 0 Å². The number of amides is 1. The molecule has 1 saturated carbocycles. The van der Waals surface area contributed by atoms with Gasteiger partial charge in [0, 0.05) is 12.1 Å². The molecule has 0 aromatic carbocycles. The summed E-state index contributed by atoms with van der Waals surface area (Å²) in [6, 6.07) is 1.67. The molecule has 1 aromatic heterocycles. The van der Waals surface area contributed by atoms with Gasteiger partial charge in [0.2, 0.25) is 5.91 Å². The van der Waals surface area contributed by atoms with Crippen molar-refractivity contribution in [3.8, 4) is 0 Å². The minimum atomic E-state index is -3.60. The van der Waals surface area contributed by atoms with Crippen molar-refractivity contribution in [2.45, 2.75) is 63.5 Å². The van der Waals surface area contributed by atoms with Gasteiger partial charge in [-0.1, -0.05) is 12.1 Å². The summed E-state index contributed by atoms with van der Waals surface area (Å²) in [5, 5.41) is 5.48. The van der Waals surface area contributed by atoms with Crippen LogP contribution in [0.1, 0.15) is 51.0 Å². The van der Waals surface area contributed by atoms with Crippen LogP contribution in [0.5, 0.6) is 0 Å². The lowest BCUT2D eigenvalue weighted by Gasteiger charge is -2.27. The molecule has 0 aliphatic heterocycles. The second-order valence-corrected chi connectivity index (χ2v) is 8.67. The quantitative estimate of drug-likeness (QED) is 0.892. The normalized spacial score (nSPS) is 24.0. The highest BCUT2D eigenvalue weighted by molar-refractivity contribution is 7.92. The lowest BCUT2D eigenvalue weighted by molar-refractivity contribution is -0.121. The second-order valence-electron chi connectivity index (χ2n) is 6.34. The van der Waals surface area contributed by atoms with Crippen LogP contribution in [0.15, 0.2) is 10.6 Å². The maximum atomic E-state index is 12.3. The van der Waals surface area contributed by atoms with E-state index >= 15 is 0 Å². The molecule has 0 radical (unpaired) electrons. The molecule has 1 aromatic rings. The van der Waals surface area contributed by atoms with Gasteiger partial charge in [-0.3, -0.25) is 4.79 Å². The molecule has 1 unspecified atom stereocenters.